The first-order valence-electron chi connectivity index (χ1n) is 11.7. The molecule has 3 aromatic carbocycles. The molecule has 1 aromatic heterocycles. The van der Waals surface area contributed by atoms with Crippen LogP contribution in [-0.4, -0.2) is 35.1 Å². The highest BCUT2D eigenvalue weighted by atomic mass is 16.6. The van der Waals surface area contributed by atoms with Crippen LogP contribution in [0.25, 0.3) is 10.8 Å². The highest BCUT2D eigenvalue weighted by Crippen LogP contribution is 2.18. The first kappa shape index (κ1) is 24.0. The van der Waals surface area contributed by atoms with Crippen LogP contribution >= 0.6 is 0 Å². The lowest BCUT2D eigenvalue weighted by Crippen LogP contribution is -2.31. The largest absolute Gasteiger partial charge is 0.492 e. The van der Waals surface area contributed by atoms with Gasteiger partial charge in [0.1, 0.15) is 18.1 Å². The van der Waals surface area contributed by atoms with E-state index in [0.29, 0.717) is 43.1 Å². The number of hydrogen-bond acceptors (Lipinski definition) is 6. The van der Waals surface area contributed by atoms with Gasteiger partial charge in [0.2, 0.25) is 0 Å². The van der Waals surface area contributed by atoms with Crippen molar-refractivity contribution in [2.75, 3.05) is 13.2 Å². The van der Waals surface area contributed by atoms with Gasteiger partial charge in [0.05, 0.1) is 24.7 Å². The van der Waals surface area contributed by atoms with Crippen molar-refractivity contribution in [1.29, 1.82) is 0 Å². The van der Waals surface area contributed by atoms with Crippen molar-refractivity contribution >= 4 is 16.7 Å². The van der Waals surface area contributed by atoms with E-state index in [1.807, 2.05) is 79.7 Å². The Morgan fingerprint density at radius 3 is 2.43 bits per heavy atom. The second-order valence-corrected chi connectivity index (χ2v) is 8.04. The number of nitrogens with zero attached hydrogens (tertiary/aromatic N) is 2. The van der Waals surface area contributed by atoms with Crippen molar-refractivity contribution in [2.45, 2.75) is 32.4 Å². The Hall–Kier alpha value is -4.13. The minimum Gasteiger partial charge on any atom is -0.492 e. The van der Waals surface area contributed by atoms with Crippen LogP contribution in [0.15, 0.2) is 89.9 Å². The molecule has 1 atom stereocenters. The van der Waals surface area contributed by atoms with Gasteiger partial charge in [0.15, 0.2) is 6.10 Å². The maximum atomic E-state index is 12.6. The predicted molar refractivity (Wildman–Crippen MR) is 134 cm³/mol. The van der Waals surface area contributed by atoms with E-state index in [9.17, 15) is 9.59 Å². The molecule has 1 unspecified atom stereocenters. The van der Waals surface area contributed by atoms with Gasteiger partial charge in [0, 0.05) is 11.8 Å². The van der Waals surface area contributed by atoms with Crippen molar-refractivity contribution in [1.82, 2.24) is 9.78 Å². The van der Waals surface area contributed by atoms with Crippen LogP contribution in [0.5, 0.6) is 11.5 Å². The van der Waals surface area contributed by atoms with E-state index in [1.54, 1.807) is 12.3 Å². The fraction of sp³-hybridized carbons (Fsp3) is 0.250. The van der Waals surface area contributed by atoms with Gasteiger partial charge in [-0.25, -0.2) is 9.48 Å². The molecule has 0 aliphatic heterocycles. The van der Waals surface area contributed by atoms with E-state index < -0.39 is 6.10 Å². The number of benzene rings is 3. The van der Waals surface area contributed by atoms with Crippen molar-refractivity contribution in [3.8, 4) is 11.5 Å². The van der Waals surface area contributed by atoms with Crippen LogP contribution in [0.4, 0.5) is 0 Å². The number of ether oxygens (including phenoxy) is 3. The Balaban J connectivity index is 1.36. The number of aromatic nitrogens is 2. The molecule has 7 nitrogen and oxygen atoms in total. The molecule has 0 amide bonds. The van der Waals surface area contributed by atoms with Crippen molar-refractivity contribution < 1.29 is 19.0 Å². The lowest BCUT2D eigenvalue weighted by molar-refractivity contribution is -0.151. The molecule has 180 valence electrons. The van der Waals surface area contributed by atoms with Crippen LogP contribution in [0.1, 0.15) is 18.9 Å². The minimum absolute atomic E-state index is 0.138. The fourth-order valence-electron chi connectivity index (χ4n) is 3.60. The van der Waals surface area contributed by atoms with Gasteiger partial charge in [-0.3, -0.25) is 4.79 Å². The summed E-state index contributed by atoms with van der Waals surface area (Å²) in [5.41, 5.74) is 0.778. The highest BCUT2D eigenvalue weighted by Gasteiger charge is 2.22. The molecular weight excluding hydrogens is 444 g/mol. The molecular formula is C28H28N2O5. The summed E-state index contributed by atoms with van der Waals surface area (Å²) in [6, 6.07) is 24.1. The molecule has 0 aliphatic rings. The maximum Gasteiger partial charge on any atom is 0.347 e. The third-order valence-electron chi connectivity index (χ3n) is 5.41. The monoisotopic (exact) mass is 472 g/mol. The summed E-state index contributed by atoms with van der Waals surface area (Å²) < 4.78 is 18.5. The number of carbonyl (C=O) groups excluding carboxylic acids is 1. The molecule has 0 bridgehead atoms. The molecule has 0 spiro atoms. The number of esters is 1. The highest BCUT2D eigenvalue weighted by molar-refractivity contribution is 5.80. The Morgan fingerprint density at radius 1 is 0.914 bits per heavy atom. The second-order valence-electron chi connectivity index (χ2n) is 8.04. The molecule has 1 heterocycles. The standard InChI is InChI=1S/C28H28N2O5/c1-2-17-34-28(32)26(35-24-9-4-3-5-10-24)19-21-12-14-23(15-13-21)33-18-16-30-27(31)25-11-7-6-8-22(25)20-29-30/h3-15,20,26H,2,16-19H2,1H3. The number of fused-ring (bicyclic) bond motifs is 1. The van der Waals surface area contributed by atoms with Gasteiger partial charge in [-0.1, -0.05) is 55.5 Å². The van der Waals surface area contributed by atoms with E-state index in [1.165, 1.54) is 4.68 Å². The molecule has 0 aliphatic carbocycles. The Labute approximate surface area is 203 Å². The van der Waals surface area contributed by atoms with Gasteiger partial charge in [-0.15, -0.1) is 0 Å². The molecule has 0 radical (unpaired) electrons. The zero-order valence-corrected chi connectivity index (χ0v) is 19.6. The van der Waals surface area contributed by atoms with Crippen LogP contribution in [0, 0.1) is 0 Å². The van der Waals surface area contributed by atoms with E-state index in [2.05, 4.69) is 5.10 Å². The fourth-order valence-corrected chi connectivity index (χ4v) is 3.60. The van der Waals surface area contributed by atoms with Gasteiger partial charge < -0.3 is 14.2 Å². The van der Waals surface area contributed by atoms with E-state index >= 15 is 0 Å². The molecule has 4 aromatic rings. The summed E-state index contributed by atoms with van der Waals surface area (Å²) in [6.45, 7) is 2.94. The summed E-state index contributed by atoms with van der Waals surface area (Å²) in [5, 5.41) is 5.68. The average Bonchev–Trinajstić information content (AvgIpc) is 2.90. The average molecular weight is 473 g/mol. The smallest absolute Gasteiger partial charge is 0.347 e. The molecule has 0 saturated carbocycles. The van der Waals surface area contributed by atoms with E-state index in [-0.39, 0.29) is 11.5 Å². The Kier molecular flexibility index (Phi) is 8.12. The topological polar surface area (TPSA) is 79.7 Å². The molecule has 4 rings (SSSR count). The van der Waals surface area contributed by atoms with Crippen molar-refractivity contribution in [3.05, 3.63) is 101 Å². The number of carbonyl (C=O) groups is 1. The minimum atomic E-state index is -0.749. The molecule has 7 heteroatoms. The number of hydrogen-bond donors (Lipinski definition) is 0. The lowest BCUT2D eigenvalue weighted by Gasteiger charge is -2.18. The summed E-state index contributed by atoms with van der Waals surface area (Å²) >= 11 is 0. The Morgan fingerprint density at radius 2 is 1.66 bits per heavy atom. The zero-order valence-electron chi connectivity index (χ0n) is 19.6. The summed E-state index contributed by atoms with van der Waals surface area (Å²) in [5.74, 6) is 0.893. The van der Waals surface area contributed by atoms with Gasteiger partial charge in [0.25, 0.3) is 5.56 Å². The van der Waals surface area contributed by atoms with Crippen LogP contribution in [0.2, 0.25) is 0 Å². The third-order valence-corrected chi connectivity index (χ3v) is 5.41. The second kappa shape index (κ2) is 11.8. The molecule has 35 heavy (non-hydrogen) atoms. The van der Waals surface area contributed by atoms with E-state index in [4.69, 9.17) is 14.2 Å². The lowest BCUT2D eigenvalue weighted by atomic mass is 10.1. The number of rotatable bonds is 11. The Bertz CT molecular complexity index is 1300. The maximum absolute atomic E-state index is 12.6. The summed E-state index contributed by atoms with van der Waals surface area (Å²) in [4.78, 5) is 25.1. The van der Waals surface area contributed by atoms with Crippen molar-refractivity contribution in [2.24, 2.45) is 0 Å². The van der Waals surface area contributed by atoms with Crippen LogP contribution < -0.4 is 15.0 Å². The first-order chi connectivity index (χ1) is 17.1. The van der Waals surface area contributed by atoms with Gasteiger partial charge in [-0.2, -0.15) is 5.10 Å². The van der Waals surface area contributed by atoms with Gasteiger partial charge in [-0.05, 0) is 42.3 Å². The number of para-hydroxylation sites is 1. The molecule has 0 fully saturated rings. The summed E-state index contributed by atoms with van der Waals surface area (Å²) in [6.07, 6.45) is 2.05. The third kappa shape index (κ3) is 6.47. The van der Waals surface area contributed by atoms with Crippen LogP contribution in [0.3, 0.4) is 0 Å². The van der Waals surface area contributed by atoms with Gasteiger partial charge >= 0.3 is 5.97 Å². The van der Waals surface area contributed by atoms with E-state index in [0.717, 1.165) is 17.4 Å². The first-order valence-corrected chi connectivity index (χ1v) is 11.7. The quantitative estimate of drug-likeness (QED) is 0.301. The van der Waals surface area contributed by atoms with Crippen molar-refractivity contribution in [3.63, 3.8) is 0 Å². The normalized spacial score (nSPS) is 11.7. The molecule has 0 saturated heterocycles. The van der Waals surface area contributed by atoms with Crippen LogP contribution in [-0.2, 0) is 22.5 Å². The summed E-state index contributed by atoms with van der Waals surface area (Å²) in [7, 11) is 0. The zero-order chi connectivity index (χ0) is 24.5. The SMILES string of the molecule is CCCOC(=O)C(Cc1ccc(OCCn2ncc3ccccc3c2=O)cc1)Oc1ccccc1. The predicted octanol–water partition coefficient (Wildman–Crippen LogP) is 4.42. The molecule has 0 N–H and O–H groups in total.